The molecule has 26 heavy (non-hydrogen) atoms. The molecule has 0 unspecified atom stereocenters. The molecule has 4 aromatic rings. The number of fused-ring (bicyclic) bond motifs is 2. The average Bonchev–Trinajstić information content (AvgIpc) is 3.03. The third-order valence-electron chi connectivity index (χ3n) is 4.62. The second kappa shape index (κ2) is 7.00. The number of aryl methyl sites for hydroxylation is 1. The van der Waals surface area contributed by atoms with Crippen LogP contribution in [0, 0.1) is 0 Å². The minimum absolute atomic E-state index is 0.253. The SMILES string of the molecule is CCCCn1c(/N=C/c2ccc3ccccc3c2O)nc2ccccc21. The van der Waals surface area contributed by atoms with Gasteiger partial charge in [0.05, 0.1) is 11.0 Å². The molecule has 0 atom stereocenters. The molecule has 4 heteroatoms. The van der Waals surface area contributed by atoms with Crippen LogP contribution in [0.3, 0.4) is 0 Å². The van der Waals surface area contributed by atoms with Crippen molar-refractivity contribution in [2.75, 3.05) is 0 Å². The monoisotopic (exact) mass is 343 g/mol. The van der Waals surface area contributed by atoms with E-state index in [1.807, 2.05) is 54.6 Å². The number of para-hydroxylation sites is 2. The first-order valence-electron chi connectivity index (χ1n) is 8.98. The van der Waals surface area contributed by atoms with E-state index in [0.717, 1.165) is 41.2 Å². The van der Waals surface area contributed by atoms with Gasteiger partial charge in [0, 0.05) is 23.7 Å². The van der Waals surface area contributed by atoms with E-state index in [0.29, 0.717) is 11.5 Å². The number of phenolic OH excluding ortho intramolecular Hbond substituents is 1. The summed E-state index contributed by atoms with van der Waals surface area (Å²) in [7, 11) is 0. The Morgan fingerprint density at radius 1 is 1.04 bits per heavy atom. The molecule has 0 spiro atoms. The smallest absolute Gasteiger partial charge is 0.230 e. The third-order valence-corrected chi connectivity index (χ3v) is 4.62. The topological polar surface area (TPSA) is 50.4 Å². The van der Waals surface area contributed by atoms with Gasteiger partial charge in [-0.25, -0.2) is 9.98 Å². The summed E-state index contributed by atoms with van der Waals surface area (Å²) in [6.45, 7) is 3.06. The maximum atomic E-state index is 10.6. The summed E-state index contributed by atoms with van der Waals surface area (Å²) in [6, 6.07) is 19.8. The quantitative estimate of drug-likeness (QED) is 0.490. The summed E-state index contributed by atoms with van der Waals surface area (Å²) < 4.78 is 2.15. The van der Waals surface area contributed by atoms with Gasteiger partial charge in [0.25, 0.3) is 0 Å². The van der Waals surface area contributed by atoms with Crippen molar-refractivity contribution in [2.45, 2.75) is 26.3 Å². The number of aromatic nitrogens is 2. The van der Waals surface area contributed by atoms with Gasteiger partial charge in [-0.3, -0.25) is 0 Å². The van der Waals surface area contributed by atoms with Crippen LogP contribution in [0.4, 0.5) is 5.95 Å². The Morgan fingerprint density at radius 2 is 1.85 bits per heavy atom. The molecule has 0 aliphatic carbocycles. The summed E-state index contributed by atoms with van der Waals surface area (Å²) >= 11 is 0. The van der Waals surface area contributed by atoms with Crippen molar-refractivity contribution in [2.24, 2.45) is 4.99 Å². The molecular formula is C22H21N3O. The van der Waals surface area contributed by atoms with Gasteiger partial charge in [-0.1, -0.05) is 55.8 Å². The second-order valence-corrected chi connectivity index (χ2v) is 6.39. The van der Waals surface area contributed by atoms with E-state index in [2.05, 4.69) is 27.5 Å². The summed E-state index contributed by atoms with van der Waals surface area (Å²) in [6.07, 6.45) is 3.89. The third kappa shape index (κ3) is 2.94. The van der Waals surface area contributed by atoms with Crippen LogP contribution in [-0.4, -0.2) is 20.9 Å². The zero-order chi connectivity index (χ0) is 17.9. The van der Waals surface area contributed by atoms with E-state index < -0.39 is 0 Å². The van der Waals surface area contributed by atoms with Crippen molar-refractivity contribution >= 4 is 34.0 Å². The van der Waals surface area contributed by atoms with Crippen LogP contribution in [-0.2, 0) is 6.54 Å². The largest absolute Gasteiger partial charge is 0.507 e. The van der Waals surface area contributed by atoms with Crippen LogP contribution in [0.2, 0.25) is 0 Å². The Balaban J connectivity index is 1.76. The van der Waals surface area contributed by atoms with Crippen LogP contribution >= 0.6 is 0 Å². The molecule has 0 fully saturated rings. The first-order valence-corrected chi connectivity index (χ1v) is 8.98. The molecule has 0 bridgehead atoms. The first-order chi connectivity index (χ1) is 12.8. The molecule has 1 heterocycles. The minimum Gasteiger partial charge on any atom is -0.507 e. The van der Waals surface area contributed by atoms with Crippen LogP contribution in [0.25, 0.3) is 21.8 Å². The fourth-order valence-electron chi connectivity index (χ4n) is 3.20. The van der Waals surface area contributed by atoms with Crippen molar-refractivity contribution in [1.29, 1.82) is 0 Å². The molecule has 4 rings (SSSR count). The lowest BCUT2D eigenvalue weighted by atomic mass is 10.1. The highest BCUT2D eigenvalue weighted by molar-refractivity contribution is 5.97. The number of nitrogens with zero attached hydrogens (tertiary/aromatic N) is 3. The molecule has 130 valence electrons. The summed E-state index contributed by atoms with van der Waals surface area (Å²) in [4.78, 5) is 9.26. The molecule has 0 aliphatic rings. The molecular weight excluding hydrogens is 322 g/mol. The fraction of sp³-hybridized carbons (Fsp3) is 0.182. The summed E-state index contributed by atoms with van der Waals surface area (Å²) in [5, 5.41) is 12.4. The fourth-order valence-corrected chi connectivity index (χ4v) is 3.20. The zero-order valence-corrected chi connectivity index (χ0v) is 14.8. The average molecular weight is 343 g/mol. The van der Waals surface area contributed by atoms with Crippen molar-refractivity contribution < 1.29 is 5.11 Å². The molecule has 0 radical (unpaired) electrons. The molecule has 1 aromatic heterocycles. The summed E-state index contributed by atoms with van der Waals surface area (Å²) in [5.41, 5.74) is 2.73. The molecule has 4 nitrogen and oxygen atoms in total. The minimum atomic E-state index is 0.253. The van der Waals surface area contributed by atoms with Gasteiger partial charge in [-0.05, 0) is 30.0 Å². The van der Waals surface area contributed by atoms with Crippen molar-refractivity contribution in [3.05, 3.63) is 66.2 Å². The van der Waals surface area contributed by atoms with Gasteiger partial charge >= 0.3 is 0 Å². The lowest BCUT2D eigenvalue weighted by Crippen LogP contribution is -1.97. The second-order valence-electron chi connectivity index (χ2n) is 6.39. The standard InChI is InChI=1S/C22H21N3O/c1-2-3-14-25-20-11-7-6-10-19(20)24-22(25)23-15-17-13-12-16-8-4-5-9-18(16)21(17)26/h4-13,15,26H,2-3,14H2,1H3/b23-15+. The number of imidazole rings is 1. The first kappa shape index (κ1) is 16.3. The molecule has 0 aliphatic heterocycles. The van der Waals surface area contributed by atoms with Gasteiger partial charge in [0.15, 0.2) is 0 Å². The number of phenols is 1. The Morgan fingerprint density at radius 3 is 2.73 bits per heavy atom. The molecule has 0 saturated carbocycles. The zero-order valence-electron chi connectivity index (χ0n) is 14.8. The predicted octanol–water partition coefficient (Wildman–Crippen LogP) is 5.45. The van der Waals surface area contributed by atoms with Gasteiger partial charge in [0.1, 0.15) is 5.75 Å². The van der Waals surface area contributed by atoms with E-state index in [1.165, 1.54) is 0 Å². The van der Waals surface area contributed by atoms with Crippen LogP contribution in [0.15, 0.2) is 65.7 Å². The van der Waals surface area contributed by atoms with E-state index in [-0.39, 0.29) is 5.75 Å². The predicted molar refractivity (Wildman–Crippen MR) is 108 cm³/mol. The molecule has 0 amide bonds. The lowest BCUT2D eigenvalue weighted by Gasteiger charge is -2.06. The Kier molecular flexibility index (Phi) is 4.40. The van der Waals surface area contributed by atoms with Crippen LogP contribution in [0.1, 0.15) is 25.3 Å². The number of aromatic hydroxyl groups is 1. The molecule has 1 N–H and O–H groups in total. The number of benzene rings is 3. The highest BCUT2D eigenvalue weighted by Crippen LogP contribution is 2.28. The van der Waals surface area contributed by atoms with Gasteiger partial charge in [-0.15, -0.1) is 0 Å². The van der Waals surface area contributed by atoms with E-state index in [1.54, 1.807) is 6.21 Å². The number of rotatable bonds is 5. The van der Waals surface area contributed by atoms with Crippen LogP contribution in [0.5, 0.6) is 5.75 Å². The Labute approximate surface area is 152 Å². The number of hydrogen-bond acceptors (Lipinski definition) is 3. The number of aliphatic imine (C=N–C) groups is 1. The van der Waals surface area contributed by atoms with Crippen molar-refractivity contribution in [3.63, 3.8) is 0 Å². The van der Waals surface area contributed by atoms with E-state index in [9.17, 15) is 5.11 Å². The Hall–Kier alpha value is -3.14. The van der Waals surface area contributed by atoms with Crippen molar-refractivity contribution in [1.82, 2.24) is 9.55 Å². The maximum Gasteiger partial charge on any atom is 0.230 e. The number of hydrogen-bond donors (Lipinski definition) is 1. The van der Waals surface area contributed by atoms with E-state index in [4.69, 9.17) is 0 Å². The number of unbranched alkanes of at least 4 members (excludes halogenated alkanes) is 1. The van der Waals surface area contributed by atoms with Gasteiger partial charge in [-0.2, -0.15) is 0 Å². The lowest BCUT2D eigenvalue weighted by molar-refractivity contribution is 0.481. The Bertz CT molecular complexity index is 1100. The highest BCUT2D eigenvalue weighted by Gasteiger charge is 2.09. The maximum absolute atomic E-state index is 10.6. The van der Waals surface area contributed by atoms with Crippen molar-refractivity contribution in [3.8, 4) is 5.75 Å². The normalized spacial score (nSPS) is 11.7. The van der Waals surface area contributed by atoms with E-state index >= 15 is 0 Å². The van der Waals surface area contributed by atoms with Crippen LogP contribution < -0.4 is 0 Å². The molecule has 0 saturated heterocycles. The van der Waals surface area contributed by atoms with Gasteiger partial charge in [0.2, 0.25) is 5.95 Å². The van der Waals surface area contributed by atoms with Gasteiger partial charge < -0.3 is 9.67 Å². The highest BCUT2D eigenvalue weighted by atomic mass is 16.3. The summed E-state index contributed by atoms with van der Waals surface area (Å²) in [5.74, 6) is 0.926. The molecule has 3 aromatic carbocycles.